The minimum absolute atomic E-state index is 0.185. The molecule has 0 aliphatic rings. The van der Waals surface area contributed by atoms with Crippen LogP contribution >= 0.6 is 15.9 Å². The molecule has 1 aromatic carbocycles. The molecule has 0 saturated carbocycles. The second kappa shape index (κ2) is 9.76. The molecule has 0 unspecified atom stereocenters. The van der Waals surface area contributed by atoms with Crippen LogP contribution in [0.3, 0.4) is 0 Å². The van der Waals surface area contributed by atoms with E-state index in [2.05, 4.69) is 21.2 Å². The molecule has 1 aromatic rings. The van der Waals surface area contributed by atoms with Crippen LogP contribution in [0.15, 0.2) is 16.6 Å². The number of ether oxygens (including phenoxy) is 3. The molecule has 0 fully saturated rings. The lowest BCUT2D eigenvalue weighted by Crippen LogP contribution is -2.35. The molecule has 132 valence electrons. The maximum atomic E-state index is 12.0. The number of carbonyl (C=O) groups excluding carboxylic acids is 3. The third-order valence-corrected chi connectivity index (χ3v) is 3.30. The molecule has 0 spiro atoms. The number of nitrogens with one attached hydrogen (secondary N) is 1. The zero-order valence-corrected chi connectivity index (χ0v) is 15.0. The number of rotatable bonds is 9. The van der Waals surface area contributed by atoms with Crippen molar-refractivity contribution < 1.29 is 28.6 Å². The predicted molar refractivity (Wildman–Crippen MR) is 89.0 cm³/mol. The Labute approximate surface area is 147 Å². The molecule has 0 atom stereocenters. The molecule has 0 radical (unpaired) electrons. The van der Waals surface area contributed by atoms with Crippen molar-refractivity contribution >= 4 is 33.7 Å². The predicted octanol–water partition coefficient (Wildman–Crippen LogP) is 1.00. The fraction of sp³-hybridized carbons (Fsp3) is 0.400. The molecule has 0 saturated heterocycles. The van der Waals surface area contributed by atoms with Gasteiger partial charge in [-0.2, -0.15) is 0 Å². The lowest BCUT2D eigenvalue weighted by atomic mass is 10.2. The van der Waals surface area contributed by atoms with Gasteiger partial charge in [0.15, 0.2) is 18.1 Å². The number of hydrogen-bond donors (Lipinski definition) is 2. The molecule has 2 amide bonds. The van der Waals surface area contributed by atoms with E-state index in [1.54, 1.807) is 0 Å². The van der Waals surface area contributed by atoms with Crippen LogP contribution in [0.1, 0.15) is 23.7 Å². The summed E-state index contributed by atoms with van der Waals surface area (Å²) in [5, 5.41) is 2.21. The minimum Gasteiger partial charge on any atom is -0.493 e. The van der Waals surface area contributed by atoms with Gasteiger partial charge in [-0.05, 0) is 34.5 Å². The lowest BCUT2D eigenvalue weighted by molar-refractivity contribution is -0.127. The Kier molecular flexibility index (Phi) is 8.03. The average molecular weight is 403 g/mol. The van der Waals surface area contributed by atoms with E-state index in [1.807, 2.05) is 6.92 Å². The van der Waals surface area contributed by atoms with E-state index >= 15 is 0 Å². The molecular formula is C15H19BrN2O6. The van der Waals surface area contributed by atoms with Gasteiger partial charge in [-0.3, -0.25) is 9.59 Å². The van der Waals surface area contributed by atoms with E-state index in [1.165, 1.54) is 19.2 Å². The second-order valence-electron chi connectivity index (χ2n) is 4.66. The number of halogens is 1. The minimum atomic E-state index is -0.717. The van der Waals surface area contributed by atoms with Gasteiger partial charge in [0.05, 0.1) is 30.3 Å². The highest BCUT2D eigenvalue weighted by Gasteiger charge is 2.17. The van der Waals surface area contributed by atoms with Crippen molar-refractivity contribution in [2.24, 2.45) is 5.73 Å². The maximum Gasteiger partial charge on any atom is 0.338 e. The molecule has 0 aromatic heterocycles. The summed E-state index contributed by atoms with van der Waals surface area (Å²) in [4.78, 5) is 34.0. The van der Waals surface area contributed by atoms with Gasteiger partial charge in [-0.1, -0.05) is 6.92 Å². The highest BCUT2D eigenvalue weighted by molar-refractivity contribution is 9.10. The van der Waals surface area contributed by atoms with Crippen LogP contribution in [0.5, 0.6) is 11.5 Å². The van der Waals surface area contributed by atoms with E-state index in [9.17, 15) is 14.4 Å². The number of nitrogens with two attached hydrogens (primary N) is 1. The number of hydrogen-bond acceptors (Lipinski definition) is 6. The Morgan fingerprint density at radius 3 is 2.58 bits per heavy atom. The number of esters is 1. The molecule has 9 heteroatoms. The third-order valence-electron chi connectivity index (χ3n) is 2.71. The summed E-state index contributed by atoms with van der Waals surface area (Å²) < 4.78 is 16.2. The Balaban J connectivity index is 2.75. The number of methoxy groups -OCH3 is 1. The standard InChI is InChI=1S/C15H19BrN2O6/c1-3-4-23-14-10(16)5-9(6-11(14)22-2)15(21)24-8-13(20)18-7-12(17)19/h5-6H,3-4,7-8H2,1-2H3,(H2,17,19)(H,18,20). The first-order valence-corrected chi connectivity index (χ1v) is 7.90. The zero-order chi connectivity index (χ0) is 18.1. The topological polar surface area (TPSA) is 117 Å². The number of carbonyl (C=O) groups is 3. The number of amides is 2. The first kappa shape index (κ1) is 19.8. The van der Waals surface area contributed by atoms with Crippen LogP contribution in [-0.2, 0) is 14.3 Å². The van der Waals surface area contributed by atoms with Gasteiger partial charge in [0.25, 0.3) is 5.91 Å². The average Bonchev–Trinajstić information content (AvgIpc) is 2.55. The van der Waals surface area contributed by atoms with Crippen LogP contribution in [0.4, 0.5) is 0 Å². The SMILES string of the molecule is CCCOc1c(Br)cc(C(=O)OCC(=O)NCC(N)=O)cc1OC. The summed E-state index contributed by atoms with van der Waals surface area (Å²) in [5.41, 5.74) is 5.08. The van der Waals surface area contributed by atoms with Crippen LogP contribution in [0.2, 0.25) is 0 Å². The number of primary amides is 1. The molecule has 24 heavy (non-hydrogen) atoms. The van der Waals surface area contributed by atoms with E-state index in [0.29, 0.717) is 22.6 Å². The van der Waals surface area contributed by atoms with Gasteiger partial charge >= 0.3 is 5.97 Å². The monoisotopic (exact) mass is 402 g/mol. The van der Waals surface area contributed by atoms with Crippen LogP contribution in [0, 0.1) is 0 Å². The van der Waals surface area contributed by atoms with Gasteiger partial charge in [-0.25, -0.2) is 4.79 Å². The first-order chi connectivity index (χ1) is 11.4. The molecule has 0 bridgehead atoms. The van der Waals surface area contributed by atoms with E-state index < -0.39 is 24.4 Å². The molecule has 0 aliphatic carbocycles. The molecule has 1 rings (SSSR count). The lowest BCUT2D eigenvalue weighted by Gasteiger charge is -2.13. The first-order valence-electron chi connectivity index (χ1n) is 7.11. The molecule has 0 heterocycles. The van der Waals surface area contributed by atoms with Crippen molar-refractivity contribution in [1.82, 2.24) is 5.32 Å². The summed E-state index contributed by atoms with van der Waals surface area (Å²) in [5.74, 6) is -1.19. The van der Waals surface area contributed by atoms with Crippen molar-refractivity contribution in [2.75, 3.05) is 26.9 Å². The smallest absolute Gasteiger partial charge is 0.338 e. The quantitative estimate of drug-likeness (QED) is 0.595. The second-order valence-corrected chi connectivity index (χ2v) is 5.51. The van der Waals surface area contributed by atoms with E-state index in [-0.39, 0.29) is 12.1 Å². The summed E-state index contributed by atoms with van der Waals surface area (Å²) in [6.45, 7) is 1.62. The zero-order valence-electron chi connectivity index (χ0n) is 13.4. The third kappa shape index (κ3) is 6.07. The Morgan fingerprint density at radius 2 is 2.00 bits per heavy atom. The fourth-order valence-electron chi connectivity index (χ4n) is 1.63. The van der Waals surface area contributed by atoms with Crippen molar-refractivity contribution in [3.63, 3.8) is 0 Å². The summed E-state index contributed by atoms with van der Waals surface area (Å²) in [6.07, 6.45) is 0.819. The summed E-state index contributed by atoms with van der Waals surface area (Å²) in [7, 11) is 1.45. The Bertz CT molecular complexity index is 620. The van der Waals surface area contributed by atoms with Crippen molar-refractivity contribution in [1.29, 1.82) is 0 Å². The Morgan fingerprint density at radius 1 is 1.29 bits per heavy atom. The number of benzene rings is 1. The fourth-order valence-corrected chi connectivity index (χ4v) is 2.19. The van der Waals surface area contributed by atoms with Gasteiger partial charge in [0.2, 0.25) is 5.91 Å². The van der Waals surface area contributed by atoms with Crippen LogP contribution < -0.4 is 20.5 Å². The van der Waals surface area contributed by atoms with Crippen molar-refractivity contribution in [3.8, 4) is 11.5 Å². The van der Waals surface area contributed by atoms with Gasteiger partial charge in [-0.15, -0.1) is 0 Å². The molecule has 0 aliphatic heterocycles. The maximum absolute atomic E-state index is 12.0. The normalized spacial score (nSPS) is 9.96. The summed E-state index contributed by atoms with van der Waals surface area (Å²) in [6, 6.07) is 2.97. The highest BCUT2D eigenvalue weighted by atomic mass is 79.9. The van der Waals surface area contributed by atoms with Crippen molar-refractivity contribution in [2.45, 2.75) is 13.3 Å². The highest BCUT2D eigenvalue weighted by Crippen LogP contribution is 2.36. The van der Waals surface area contributed by atoms with Gasteiger partial charge in [0, 0.05) is 0 Å². The molecule has 3 N–H and O–H groups in total. The van der Waals surface area contributed by atoms with Crippen LogP contribution in [-0.4, -0.2) is 44.7 Å². The van der Waals surface area contributed by atoms with Gasteiger partial charge in [0.1, 0.15) is 0 Å². The largest absolute Gasteiger partial charge is 0.493 e. The van der Waals surface area contributed by atoms with E-state index in [4.69, 9.17) is 19.9 Å². The van der Waals surface area contributed by atoms with E-state index in [0.717, 1.165) is 6.42 Å². The van der Waals surface area contributed by atoms with Gasteiger partial charge < -0.3 is 25.3 Å². The molecule has 8 nitrogen and oxygen atoms in total. The molecular weight excluding hydrogens is 384 g/mol. The summed E-state index contributed by atoms with van der Waals surface area (Å²) >= 11 is 3.31. The van der Waals surface area contributed by atoms with Crippen molar-refractivity contribution in [3.05, 3.63) is 22.2 Å². The Hall–Kier alpha value is -2.29. The van der Waals surface area contributed by atoms with Crippen LogP contribution in [0.25, 0.3) is 0 Å².